The van der Waals surface area contributed by atoms with Crippen molar-refractivity contribution in [3.63, 3.8) is 0 Å². The normalized spacial score (nSPS) is 22.2. The zero-order valence-electron chi connectivity index (χ0n) is 12.9. The second-order valence-corrected chi connectivity index (χ2v) is 7.96. The third-order valence-electron chi connectivity index (χ3n) is 4.68. The zero-order chi connectivity index (χ0) is 16.6. The highest BCUT2D eigenvalue weighted by atomic mass is 32.2. The van der Waals surface area contributed by atoms with E-state index < -0.39 is 21.7 Å². The highest BCUT2D eigenvalue weighted by Crippen LogP contribution is 2.27. The molecule has 1 aromatic carbocycles. The van der Waals surface area contributed by atoms with Gasteiger partial charge < -0.3 is 4.74 Å². The number of halogens is 2. The summed E-state index contributed by atoms with van der Waals surface area (Å²) < 4.78 is 57.6. The fourth-order valence-electron chi connectivity index (χ4n) is 3.11. The fraction of sp³-hybridized carbons (Fsp3) is 0.600. The molecule has 3 rings (SSSR count). The second kappa shape index (κ2) is 6.43. The first-order valence-electron chi connectivity index (χ1n) is 7.64. The van der Waals surface area contributed by atoms with Gasteiger partial charge in [0, 0.05) is 39.3 Å². The van der Waals surface area contributed by atoms with Gasteiger partial charge in [0.2, 0.25) is 10.0 Å². The van der Waals surface area contributed by atoms with Crippen LogP contribution in [-0.2, 0) is 14.8 Å². The summed E-state index contributed by atoms with van der Waals surface area (Å²) in [7, 11) is -2.05. The van der Waals surface area contributed by atoms with Crippen LogP contribution in [0.5, 0.6) is 0 Å². The van der Waals surface area contributed by atoms with Crippen LogP contribution in [0.3, 0.4) is 0 Å². The Labute approximate surface area is 134 Å². The summed E-state index contributed by atoms with van der Waals surface area (Å²) in [5, 5.41) is 0. The number of benzene rings is 1. The van der Waals surface area contributed by atoms with Crippen LogP contribution in [0, 0.1) is 11.6 Å². The van der Waals surface area contributed by atoms with Crippen molar-refractivity contribution >= 4 is 10.0 Å². The van der Waals surface area contributed by atoms with Gasteiger partial charge in [0.05, 0.1) is 11.0 Å². The molecule has 0 atom stereocenters. The number of piperidine rings is 1. The Balaban J connectivity index is 1.61. The van der Waals surface area contributed by atoms with Gasteiger partial charge >= 0.3 is 0 Å². The third-order valence-corrected chi connectivity index (χ3v) is 6.51. The van der Waals surface area contributed by atoms with Crippen LogP contribution in [0.1, 0.15) is 12.8 Å². The molecule has 128 valence electrons. The van der Waals surface area contributed by atoms with Gasteiger partial charge in [-0.15, -0.1) is 0 Å². The quantitative estimate of drug-likeness (QED) is 0.828. The lowest BCUT2D eigenvalue weighted by atomic mass is 10.0. The molecule has 2 heterocycles. The van der Waals surface area contributed by atoms with Gasteiger partial charge in [-0.3, -0.25) is 4.90 Å². The van der Waals surface area contributed by atoms with E-state index in [2.05, 4.69) is 4.90 Å². The molecule has 0 bridgehead atoms. The van der Waals surface area contributed by atoms with Crippen molar-refractivity contribution in [1.82, 2.24) is 9.21 Å². The number of sulfonamides is 1. The fourth-order valence-corrected chi connectivity index (χ4v) is 4.63. The molecule has 0 spiro atoms. The predicted octanol–water partition coefficient (Wildman–Crippen LogP) is 1.45. The van der Waals surface area contributed by atoms with Crippen LogP contribution in [-0.4, -0.2) is 63.1 Å². The van der Waals surface area contributed by atoms with Crippen molar-refractivity contribution in [2.24, 2.45) is 0 Å². The number of hydrogen-bond acceptors (Lipinski definition) is 4. The number of methoxy groups -OCH3 is 1. The van der Waals surface area contributed by atoms with Gasteiger partial charge in [0.25, 0.3) is 0 Å². The molecular formula is C15H20F2N2O3S. The van der Waals surface area contributed by atoms with Crippen molar-refractivity contribution in [3.8, 4) is 0 Å². The van der Waals surface area contributed by atoms with E-state index in [0.29, 0.717) is 13.1 Å². The standard InChI is InChI=1S/C15H20F2N2O3S/c1-22-12-4-6-18(7-5-12)11-9-19(10-11)23(20,21)13-2-3-14(16)15(17)8-13/h2-3,8,11-12H,4-7,9-10H2,1H3. The van der Waals surface area contributed by atoms with Gasteiger partial charge in [-0.05, 0) is 31.0 Å². The molecule has 1 aromatic rings. The van der Waals surface area contributed by atoms with E-state index in [-0.39, 0.29) is 17.0 Å². The smallest absolute Gasteiger partial charge is 0.243 e. The molecule has 23 heavy (non-hydrogen) atoms. The largest absolute Gasteiger partial charge is 0.381 e. The minimum atomic E-state index is -3.75. The van der Waals surface area contributed by atoms with Crippen LogP contribution < -0.4 is 0 Å². The Bertz CT molecular complexity index is 669. The minimum absolute atomic E-state index is 0.188. The number of rotatable bonds is 4. The van der Waals surface area contributed by atoms with E-state index in [4.69, 9.17) is 4.74 Å². The van der Waals surface area contributed by atoms with E-state index in [9.17, 15) is 17.2 Å². The Kier molecular flexibility index (Phi) is 4.68. The number of ether oxygens (including phenoxy) is 1. The summed E-state index contributed by atoms with van der Waals surface area (Å²) in [6.07, 6.45) is 2.18. The lowest BCUT2D eigenvalue weighted by Gasteiger charge is -2.46. The zero-order valence-corrected chi connectivity index (χ0v) is 13.7. The Morgan fingerprint density at radius 2 is 1.78 bits per heavy atom. The summed E-state index contributed by atoms with van der Waals surface area (Å²) in [4.78, 5) is 2.07. The predicted molar refractivity (Wildman–Crippen MR) is 80.5 cm³/mol. The van der Waals surface area contributed by atoms with Gasteiger partial charge in [0.1, 0.15) is 0 Å². The number of hydrogen-bond donors (Lipinski definition) is 0. The highest BCUT2D eigenvalue weighted by molar-refractivity contribution is 7.89. The van der Waals surface area contributed by atoms with Gasteiger partial charge in [-0.1, -0.05) is 0 Å². The average molecular weight is 346 g/mol. The molecule has 5 nitrogen and oxygen atoms in total. The first-order chi connectivity index (χ1) is 10.9. The maximum absolute atomic E-state index is 13.3. The summed E-state index contributed by atoms with van der Waals surface area (Å²) in [5.41, 5.74) is 0. The molecule has 0 amide bonds. The van der Waals surface area contributed by atoms with E-state index in [1.807, 2.05) is 0 Å². The molecule has 0 saturated carbocycles. The van der Waals surface area contributed by atoms with Crippen molar-refractivity contribution in [1.29, 1.82) is 0 Å². The maximum Gasteiger partial charge on any atom is 0.243 e. The number of likely N-dealkylation sites (tertiary alicyclic amines) is 1. The van der Waals surface area contributed by atoms with Crippen LogP contribution in [0.25, 0.3) is 0 Å². The molecule has 8 heteroatoms. The van der Waals surface area contributed by atoms with E-state index >= 15 is 0 Å². The molecule has 0 radical (unpaired) electrons. The molecule has 0 aromatic heterocycles. The van der Waals surface area contributed by atoms with Crippen LogP contribution in [0.2, 0.25) is 0 Å². The molecule has 0 aliphatic carbocycles. The molecule has 0 N–H and O–H groups in total. The molecular weight excluding hydrogens is 326 g/mol. The molecule has 2 fully saturated rings. The lowest BCUT2D eigenvalue weighted by Crippen LogP contribution is -2.62. The van der Waals surface area contributed by atoms with E-state index in [1.165, 1.54) is 4.31 Å². The summed E-state index contributed by atoms with van der Waals surface area (Å²) in [5.74, 6) is -2.20. The topological polar surface area (TPSA) is 49.9 Å². The lowest BCUT2D eigenvalue weighted by molar-refractivity contribution is 0.00363. The van der Waals surface area contributed by atoms with Crippen molar-refractivity contribution < 1.29 is 21.9 Å². The van der Waals surface area contributed by atoms with E-state index in [0.717, 1.165) is 44.1 Å². The monoisotopic (exact) mass is 346 g/mol. The van der Waals surface area contributed by atoms with Gasteiger partial charge in [-0.25, -0.2) is 17.2 Å². The van der Waals surface area contributed by atoms with Crippen molar-refractivity contribution in [2.75, 3.05) is 33.3 Å². The molecule has 0 unspecified atom stereocenters. The van der Waals surface area contributed by atoms with Crippen molar-refractivity contribution in [3.05, 3.63) is 29.8 Å². The summed E-state index contributed by atoms with van der Waals surface area (Å²) in [6, 6.07) is 2.87. The molecule has 2 saturated heterocycles. The van der Waals surface area contributed by atoms with E-state index in [1.54, 1.807) is 7.11 Å². The second-order valence-electron chi connectivity index (χ2n) is 6.02. The van der Waals surface area contributed by atoms with Crippen LogP contribution >= 0.6 is 0 Å². The summed E-state index contributed by atoms with van der Waals surface area (Å²) in [6.45, 7) is 2.56. The molecule has 2 aliphatic heterocycles. The Morgan fingerprint density at radius 3 is 2.35 bits per heavy atom. The first-order valence-corrected chi connectivity index (χ1v) is 9.08. The average Bonchev–Trinajstić information content (AvgIpc) is 2.49. The van der Waals surface area contributed by atoms with Crippen molar-refractivity contribution in [2.45, 2.75) is 29.9 Å². The van der Waals surface area contributed by atoms with Gasteiger partial charge in [0.15, 0.2) is 11.6 Å². The summed E-state index contributed by atoms with van der Waals surface area (Å²) >= 11 is 0. The first kappa shape index (κ1) is 16.8. The maximum atomic E-state index is 13.3. The Morgan fingerprint density at radius 1 is 1.13 bits per heavy atom. The minimum Gasteiger partial charge on any atom is -0.381 e. The highest BCUT2D eigenvalue weighted by Gasteiger charge is 2.40. The number of nitrogens with zero attached hydrogens (tertiary/aromatic N) is 2. The Hall–Kier alpha value is -1.09. The van der Waals surface area contributed by atoms with Gasteiger partial charge in [-0.2, -0.15) is 4.31 Å². The molecule has 2 aliphatic rings. The van der Waals surface area contributed by atoms with Crippen LogP contribution in [0.15, 0.2) is 23.1 Å². The third kappa shape index (κ3) is 3.26. The van der Waals surface area contributed by atoms with Crippen LogP contribution in [0.4, 0.5) is 8.78 Å². The SMILES string of the molecule is COC1CCN(C2CN(S(=O)(=O)c3ccc(F)c(F)c3)C2)CC1.